The van der Waals surface area contributed by atoms with Crippen molar-refractivity contribution in [3.05, 3.63) is 44.8 Å². The maximum atomic E-state index is 6.14. The Hall–Kier alpha value is -0.910. The van der Waals surface area contributed by atoms with Crippen LogP contribution < -0.4 is 5.73 Å². The molecule has 0 atom stereocenters. The monoisotopic (exact) mass is 396 g/mol. The van der Waals surface area contributed by atoms with Gasteiger partial charge in [0.2, 0.25) is 0 Å². The highest BCUT2D eigenvalue weighted by Gasteiger charge is 2.13. The molecule has 0 bridgehead atoms. The van der Waals surface area contributed by atoms with Crippen LogP contribution in [0.3, 0.4) is 0 Å². The zero-order chi connectivity index (χ0) is 13.6. The molecule has 3 rings (SSSR count). The Balaban J connectivity index is 2.28. The number of anilines is 1. The molecule has 2 N–H and O–H groups in total. The van der Waals surface area contributed by atoms with E-state index in [-0.39, 0.29) is 0 Å². The van der Waals surface area contributed by atoms with Crippen molar-refractivity contribution in [3.63, 3.8) is 0 Å². The summed E-state index contributed by atoms with van der Waals surface area (Å²) in [7, 11) is 0. The summed E-state index contributed by atoms with van der Waals surface area (Å²) < 4.78 is 3.05. The van der Waals surface area contributed by atoms with Gasteiger partial charge in [-0.2, -0.15) is 0 Å². The second-order valence-electron chi connectivity index (χ2n) is 4.29. The number of halogens is 2. The molecule has 1 aromatic heterocycles. The summed E-state index contributed by atoms with van der Waals surface area (Å²) in [6.07, 6.45) is 0. The molecule has 19 heavy (non-hydrogen) atoms. The number of thiazole rings is 1. The first kappa shape index (κ1) is 13.1. The van der Waals surface area contributed by atoms with E-state index in [1.165, 1.54) is 10.3 Å². The van der Waals surface area contributed by atoms with Gasteiger partial charge in [0.1, 0.15) is 5.01 Å². The topological polar surface area (TPSA) is 38.9 Å². The van der Waals surface area contributed by atoms with Gasteiger partial charge < -0.3 is 5.73 Å². The van der Waals surface area contributed by atoms with Crippen molar-refractivity contribution >= 4 is 59.1 Å². The molecule has 5 heteroatoms. The highest BCUT2D eigenvalue weighted by Crippen LogP contribution is 2.39. The third kappa shape index (κ3) is 2.30. The normalized spacial score (nSPS) is 11.1. The Morgan fingerprint density at radius 3 is 2.74 bits per heavy atom. The van der Waals surface area contributed by atoms with E-state index in [1.807, 2.05) is 12.1 Å². The molecule has 1 heterocycles. The minimum absolute atomic E-state index is 0.722. The van der Waals surface area contributed by atoms with Gasteiger partial charge in [-0.15, -0.1) is 11.3 Å². The molecule has 0 amide bonds. The van der Waals surface area contributed by atoms with Crippen LogP contribution in [0.25, 0.3) is 20.8 Å². The van der Waals surface area contributed by atoms with Gasteiger partial charge in [-0.1, -0.05) is 28.1 Å². The number of para-hydroxylation sites is 1. The maximum absolute atomic E-state index is 6.14. The fraction of sp³-hybridized carbons (Fsp3) is 0.0714. The van der Waals surface area contributed by atoms with Gasteiger partial charge in [0.15, 0.2) is 0 Å². The molecule has 0 saturated carbocycles. The number of nitrogen functional groups attached to an aromatic ring is 1. The van der Waals surface area contributed by atoms with Crippen LogP contribution in [0.15, 0.2) is 39.3 Å². The van der Waals surface area contributed by atoms with Crippen molar-refractivity contribution in [2.24, 2.45) is 0 Å². The number of benzene rings is 2. The molecule has 0 aliphatic heterocycles. The van der Waals surface area contributed by atoms with Gasteiger partial charge in [0.25, 0.3) is 0 Å². The van der Waals surface area contributed by atoms with E-state index in [1.54, 1.807) is 11.3 Å². The van der Waals surface area contributed by atoms with Crippen molar-refractivity contribution < 1.29 is 0 Å². The molecule has 0 saturated heterocycles. The van der Waals surface area contributed by atoms with Gasteiger partial charge >= 0.3 is 0 Å². The van der Waals surface area contributed by atoms with E-state index in [4.69, 9.17) is 10.7 Å². The Kier molecular flexibility index (Phi) is 3.37. The van der Waals surface area contributed by atoms with Crippen LogP contribution in [-0.2, 0) is 0 Å². The largest absolute Gasteiger partial charge is 0.397 e. The molecular weight excluding hydrogens is 388 g/mol. The summed E-state index contributed by atoms with van der Waals surface area (Å²) in [6.45, 7) is 2.08. The number of hydrogen-bond donors (Lipinski definition) is 1. The van der Waals surface area contributed by atoms with Crippen molar-refractivity contribution in [3.8, 4) is 10.6 Å². The van der Waals surface area contributed by atoms with Crippen LogP contribution >= 0.6 is 43.2 Å². The lowest BCUT2D eigenvalue weighted by atomic mass is 10.2. The molecule has 0 aliphatic carbocycles. The Morgan fingerprint density at radius 2 is 2.00 bits per heavy atom. The molecule has 96 valence electrons. The molecule has 0 unspecified atom stereocenters. The predicted octanol–water partition coefficient (Wildman–Crippen LogP) is 5.38. The molecule has 0 aliphatic rings. The van der Waals surface area contributed by atoms with Crippen molar-refractivity contribution in [2.75, 3.05) is 5.73 Å². The van der Waals surface area contributed by atoms with Crippen LogP contribution in [0.1, 0.15) is 5.56 Å². The van der Waals surface area contributed by atoms with Crippen LogP contribution in [-0.4, -0.2) is 4.98 Å². The first-order chi connectivity index (χ1) is 9.06. The summed E-state index contributed by atoms with van der Waals surface area (Å²) in [4.78, 5) is 4.72. The number of rotatable bonds is 1. The lowest BCUT2D eigenvalue weighted by Gasteiger charge is -2.05. The van der Waals surface area contributed by atoms with E-state index in [0.29, 0.717) is 0 Å². The van der Waals surface area contributed by atoms with Gasteiger partial charge in [-0.3, -0.25) is 0 Å². The first-order valence-corrected chi connectivity index (χ1v) is 8.07. The fourth-order valence-corrected chi connectivity index (χ4v) is 4.26. The van der Waals surface area contributed by atoms with E-state index in [0.717, 1.165) is 30.7 Å². The number of aromatic nitrogens is 1. The minimum atomic E-state index is 0.722. The van der Waals surface area contributed by atoms with E-state index in [2.05, 4.69) is 57.0 Å². The molecule has 3 aromatic rings. The highest BCUT2D eigenvalue weighted by atomic mass is 79.9. The fourth-order valence-electron chi connectivity index (χ4n) is 1.96. The number of nitrogens with two attached hydrogens (primary N) is 1. The molecular formula is C14H10Br2N2S. The minimum Gasteiger partial charge on any atom is -0.397 e. The van der Waals surface area contributed by atoms with Crippen molar-refractivity contribution in [2.45, 2.75) is 6.92 Å². The summed E-state index contributed by atoms with van der Waals surface area (Å²) in [5.41, 5.74) is 10.1. The van der Waals surface area contributed by atoms with E-state index in [9.17, 15) is 0 Å². The van der Waals surface area contributed by atoms with E-state index >= 15 is 0 Å². The van der Waals surface area contributed by atoms with Crippen LogP contribution in [0, 0.1) is 6.92 Å². The third-order valence-corrected chi connectivity index (χ3v) is 5.11. The number of fused-ring (bicyclic) bond motifs is 1. The summed E-state index contributed by atoms with van der Waals surface area (Å²) in [6, 6.07) is 10.2. The molecule has 0 fully saturated rings. The average molecular weight is 398 g/mol. The Bertz CT molecular complexity index is 780. The molecule has 2 aromatic carbocycles. The maximum Gasteiger partial charge on any atom is 0.126 e. The number of nitrogens with zero attached hydrogens (tertiary/aromatic N) is 1. The van der Waals surface area contributed by atoms with Crippen LogP contribution in [0.2, 0.25) is 0 Å². The Labute approximate surface area is 131 Å². The van der Waals surface area contributed by atoms with Crippen molar-refractivity contribution in [1.29, 1.82) is 0 Å². The molecule has 0 spiro atoms. The van der Waals surface area contributed by atoms with Gasteiger partial charge in [0, 0.05) is 14.5 Å². The second-order valence-corrected chi connectivity index (χ2v) is 7.09. The average Bonchev–Trinajstić information content (AvgIpc) is 2.79. The lowest BCUT2D eigenvalue weighted by Crippen LogP contribution is -1.91. The summed E-state index contributed by atoms with van der Waals surface area (Å²) in [5.74, 6) is 0. The van der Waals surface area contributed by atoms with E-state index < -0.39 is 0 Å². The van der Waals surface area contributed by atoms with Crippen LogP contribution in [0.4, 0.5) is 5.69 Å². The van der Waals surface area contributed by atoms with Gasteiger partial charge in [0.05, 0.1) is 15.9 Å². The van der Waals surface area contributed by atoms with Gasteiger partial charge in [-0.25, -0.2) is 4.98 Å². The van der Waals surface area contributed by atoms with Crippen LogP contribution in [0.5, 0.6) is 0 Å². The summed E-state index contributed by atoms with van der Waals surface area (Å²) >= 11 is 8.63. The standard InChI is InChI=1S/C14H10Br2N2S/c1-7-3-2-4-11-13(7)18-14(19-11)9-5-8(15)6-10(16)12(9)17/h2-6H,17H2,1H3. The van der Waals surface area contributed by atoms with Crippen molar-refractivity contribution in [1.82, 2.24) is 4.98 Å². The Morgan fingerprint density at radius 1 is 1.21 bits per heavy atom. The SMILES string of the molecule is Cc1cccc2sc(-c3cc(Br)cc(Br)c3N)nc12. The number of hydrogen-bond acceptors (Lipinski definition) is 3. The number of aryl methyl sites for hydroxylation is 1. The second kappa shape index (κ2) is 4.89. The smallest absolute Gasteiger partial charge is 0.126 e. The zero-order valence-electron chi connectivity index (χ0n) is 10.1. The third-order valence-electron chi connectivity index (χ3n) is 2.95. The quantitative estimate of drug-likeness (QED) is 0.560. The lowest BCUT2D eigenvalue weighted by molar-refractivity contribution is 1.41. The zero-order valence-corrected chi connectivity index (χ0v) is 14.1. The summed E-state index contributed by atoms with van der Waals surface area (Å²) in [5, 5.41) is 0.948. The molecule has 2 nitrogen and oxygen atoms in total. The first-order valence-electron chi connectivity index (χ1n) is 5.67. The molecule has 0 radical (unpaired) electrons. The predicted molar refractivity (Wildman–Crippen MR) is 89.6 cm³/mol. The van der Waals surface area contributed by atoms with Gasteiger partial charge in [-0.05, 0) is 46.6 Å². The highest BCUT2D eigenvalue weighted by molar-refractivity contribution is 9.11.